The molecule has 210 valence electrons. The number of hydrogen-bond acceptors (Lipinski definition) is 11. The highest BCUT2D eigenvalue weighted by Gasteiger charge is 2.26. The average molecular weight is 560 g/mol. The van der Waals surface area contributed by atoms with Crippen molar-refractivity contribution in [2.45, 2.75) is 20.3 Å². The van der Waals surface area contributed by atoms with Crippen LogP contribution < -0.4 is 24.4 Å². The van der Waals surface area contributed by atoms with Crippen molar-refractivity contribution in [2.24, 2.45) is 0 Å². The van der Waals surface area contributed by atoms with Crippen LogP contribution in [0, 0.1) is 0 Å². The lowest BCUT2D eigenvalue weighted by Gasteiger charge is -2.32. The molecule has 4 rings (SSSR count). The number of nitrogen functional groups attached to an aromatic ring is 1. The Morgan fingerprint density at radius 3 is 2.44 bits per heavy atom. The first-order valence-corrected chi connectivity index (χ1v) is 14.0. The Balaban J connectivity index is 1.70. The van der Waals surface area contributed by atoms with Gasteiger partial charge in [-0.25, -0.2) is 13.4 Å². The highest BCUT2D eigenvalue weighted by molar-refractivity contribution is 7.92. The number of nitrogens with two attached hydrogens (primary N) is 1. The molecule has 3 heterocycles. The third kappa shape index (κ3) is 5.70. The topological polar surface area (TPSA) is 157 Å². The second kappa shape index (κ2) is 11.4. The Morgan fingerprint density at radius 2 is 1.82 bits per heavy atom. The van der Waals surface area contributed by atoms with E-state index in [1.54, 1.807) is 36.9 Å². The van der Waals surface area contributed by atoms with Crippen molar-refractivity contribution in [1.29, 1.82) is 0 Å². The zero-order chi connectivity index (χ0) is 28.3. The summed E-state index contributed by atoms with van der Waals surface area (Å²) in [5.74, 6) is 1.08. The van der Waals surface area contributed by atoms with E-state index in [-0.39, 0.29) is 29.1 Å². The number of sulfonamides is 1. The predicted molar refractivity (Wildman–Crippen MR) is 147 cm³/mol. The Morgan fingerprint density at radius 1 is 1.10 bits per heavy atom. The maximum atomic E-state index is 12.9. The number of benzene rings is 1. The van der Waals surface area contributed by atoms with Gasteiger partial charge in [0.15, 0.2) is 11.5 Å². The fourth-order valence-corrected chi connectivity index (χ4v) is 5.60. The Labute approximate surface area is 227 Å². The van der Waals surface area contributed by atoms with Gasteiger partial charge in [-0.3, -0.25) is 9.10 Å². The van der Waals surface area contributed by atoms with Crippen molar-refractivity contribution in [1.82, 2.24) is 20.1 Å². The molecule has 39 heavy (non-hydrogen) atoms. The van der Waals surface area contributed by atoms with Crippen molar-refractivity contribution in [3.63, 3.8) is 0 Å². The molecule has 0 radical (unpaired) electrons. The number of carbonyl (C=O) groups is 1. The molecule has 1 aromatic carbocycles. The molecule has 3 aromatic rings. The van der Waals surface area contributed by atoms with E-state index in [1.807, 2.05) is 4.90 Å². The lowest BCUT2D eigenvalue weighted by atomic mass is 10.0. The summed E-state index contributed by atoms with van der Waals surface area (Å²) < 4.78 is 43.9. The molecule has 1 aliphatic heterocycles. The van der Waals surface area contributed by atoms with Crippen LogP contribution >= 0.6 is 0 Å². The molecule has 1 saturated heterocycles. The molecule has 0 bridgehead atoms. The molecular formula is C25H33N7O6S. The first-order valence-electron chi connectivity index (χ1n) is 12.4. The van der Waals surface area contributed by atoms with Gasteiger partial charge in [0.25, 0.3) is 5.89 Å². The van der Waals surface area contributed by atoms with Crippen LogP contribution in [-0.4, -0.2) is 87.6 Å². The first kappa shape index (κ1) is 28.0. The van der Waals surface area contributed by atoms with Crippen LogP contribution in [0.4, 0.5) is 17.5 Å². The van der Waals surface area contributed by atoms with Gasteiger partial charge in [0.2, 0.25) is 15.9 Å². The van der Waals surface area contributed by atoms with Gasteiger partial charge < -0.3 is 29.4 Å². The quantitative estimate of drug-likeness (QED) is 0.410. The van der Waals surface area contributed by atoms with Crippen LogP contribution in [0.25, 0.3) is 22.6 Å². The van der Waals surface area contributed by atoms with Gasteiger partial charge in [0, 0.05) is 51.9 Å². The minimum absolute atomic E-state index is 0.0261. The number of piperazine rings is 1. The molecule has 1 fully saturated rings. The molecular weight excluding hydrogens is 526 g/mol. The van der Waals surface area contributed by atoms with Gasteiger partial charge >= 0.3 is 6.01 Å². The SMILES string of the molecule is CCCS(=O)(=O)N(C)c1cc(-c2cc(-c3nnc(N4CCN(C(C)=O)CC4)o3)cnc2N)cc(OC)c1OC. The minimum Gasteiger partial charge on any atom is -0.493 e. The maximum Gasteiger partial charge on any atom is 0.318 e. The predicted octanol–water partition coefficient (Wildman–Crippen LogP) is 2.24. The Hall–Kier alpha value is -4.07. The van der Waals surface area contributed by atoms with E-state index in [9.17, 15) is 13.2 Å². The second-order valence-corrected chi connectivity index (χ2v) is 11.2. The lowest BCUT2D eigenvalue weighted by Crippen LogP contribution is -2.48. The molecule has 0 spiro atoms. The Kier molecular flexibility index (Phi) is 8.14. The van der Waals surface area contributed by atoms with E-state index in [1.165, 1.54) is 31.8 Å². The molecule has 1 amide bonds. The van der Waals surface area contributed by atoms with Crippen LogP contribution in [0.2, 0.25) is 0 Å². The number of aromatic nitrogens is 3. The molecule has 2 aromatic heterocycles. The monoisotopic (exact) mass is 559 g/mol. The third-order valence-corrected chi connectivity index (χ3v) is 8.52. The van der Waals surface area contributed by atoms with Crippen molar-refractivity contribution in [3.05, 3.63) is 24.4 Å². The molecule has 0 atom stereocenters. The summed E-state index contributed by atoms with van der Waals surface area (Å²) in [7, 11) is 0.788. The zero-order valence-electron chi connectivity index (χ0n) is 22.7. The molecule has 0 unspecified atom stereocenters. The van der Waals surface area contributed by atoms with E-state index in [0.29, 0.717) is 66.7 Å². The largest absolute Gasteiger partial charge is 0.493 e. The number of anilines is 3. The summed E-state index contributed by atoms with van der Waals surface area (Å²) in [6.07, 6.45) is 1.99. The highest BCUT2D eigenvalue weighted by atomic mass is 32.2. The fourth-order valence-electron chi connectivity index (χ4n) is 4.37. The summed E-state index contributed by atoms with van der Waals surface area (Å²) in [5.41, 5.74) is 8.17. The van der Waals surface area contributed by atoms with Crippen molar-refractivity contribution in [3.8, 4) is 34.1 Å². The van der Waals surface area contributed by atoms with Crippen LogP contribution in [0.3, 0.4) is 0 Å². The number of nitrogens with zero attached hydrogens (tertiary/aromatic N) is 6. The molecule has 0 aliphatic carbocycles. The highest BCUT2D eigenvalue weighted by Crippen LogP contribution is 2.43. The summed E-state index contributed by atoms with van der Waals surface area (Å²) in [4.78, 5) is 19.6. The first-order chi connectivity index (χ1) is 18.6. The van der Waals surface area contributed by atoms with Gasteiger partial charge in [-0.05, 0) is 30.2 Å². The van der Waals surface area contributed by atoms with E-state index >= 15 is 0 Å². The summed E-state index contributed by atoms with van der Waals surface area (Å²) in [5, 5.41) is 8.37. The molecule has 13 nitrogen and oxygen atoms in total. The van der Waals surface area contributed by atoms with Gasteiger partial charge in [-0.1, -0.05) is 12.0 Å². The van der Waals surface area contributed by atoms with Crippen LogP contribution in [0.15, 0.2) is 28.8 Å². The van der Waals surface area contributed by atoms with E-state index < -0.39 is 10.0 Å². The third-order valence-electron chi connectivity index (χ3n) is 6.56. The van der Waals surface area contributed by atoms with Gasteiger partial charge in [-0.2, -0.15) is 0 Å². The number of amides is 1. The Bertz CT molecular complexity index is 1450. The number of pyridine rings is 1. The number of hydrogen-bond donors (Lipinski definition) is 1. The van der Waals surface area contributed by atoms with E-state index in [2.05, 4.69) is 15.2 Å². The van der Waals surface area contributed by atoms with Gasteiger partial charge in [-0.15, -0.1) is 5.10 Å². The van der Waals surface area contributed by atoms with Crippen LogP contribution in [-0.2, 0) is 14.8 Å². The number of ether oxygens (including phenoxy) is 2. The maximum absolute atomic E-state index is 12.9. The molecule has 1 aliphatic rings. The van der Waals surface area contributed by atoms with Crippen molar-refractivity contribution in [2.75, 3.05) is 68.1 Å². The summed E-state index contributed by atoms with van der Waals surface area (Å²) in [6, 6.07) is 5.47. The van der Waals surface area contributed by atoms with Gasteiger partial charge in [0.1, 0.15) is 5.82 Å². The summed E-state index contributed by atoms with van der Waals surface area (Å²) >= 11 is 0. The number of carbonyl (C=O) groups excluding carboxylic acids is 1. The van der Waals surface area contributed by atoms with Gasteiger partial charge in [0.05, 0.1) is 31.2 Å². The number of methoxy groups -OCH3 is 2. The lowest BCUT2D eigenvalue weighted by molar-refractivity contribution is -0.129. The zero-order valence-corrected chi connectivity index (χ0v) is 23.5. The van der Waals surface area contributed by atoms with Crippen molar-refractivity contribution < 1.29 is 27.1 Å². The van der Waals surface area contributed by atoms with E-state index in [0.717, 1.165) is 0 Å². The molecule has 0 saturated carbocycles. The van der Waals surface area contributed by atoms with Crippen LogP contribution in [0.5, 0.6) is 11.5 Å². The molecule has 2 N–H and O–H groups in total. The minimum atomic E-state index is -3.61. The normalized spacial score (nSPS) is 13.9. The van der Waals surface area contributed by atoms with E-state index in [4.69, 9.17) is 19.6 Å². The standard InChI is InChI=1S/C25H33N7O6S/c1-6-11-39(34,35)30(3)20-13-17(14-21(36-4)22(20)37-5)19-12-18(15-27-23(19)26)24-28-29-25(38-24)32-9-7-31(8-10-32)16(2)33/h12-15H,6-11H2,1-5H3,(H2,26,27). The number of rotatable bonds is 9. The molecule has 14 heteroatoms. The van der Waals surface area contributed by atoms with Crippen LogP contribution in [0.1, 0.15) is 20.3 Å². The van der Waals surface area contributed by atoms with Crippen molar-refractivity contribution >= 4 is 33.5 Å². The summed E-state index contributed by atoms with van der Waals surface area (Å²) in [6.45, 7) is 5.65. The fraction of sp³-hybridized carbons (Fsp3) is 0.440. The average Bonchev–Trinajstić information content (AvgIpc) is 3.42. The second-order valence-electron chi connectivity index (χ2n) is 9.05. The smallest absolute Gasteiger partial charge is 0.318 e.